The Hall–Kier alpha value is -1.73. The highest BCUT2D eigenvalue weighted by molar-refractivity contribution is 5.76. The smallest absolute Gasteiger partial charge is 0.220 e. The van der Waals surface area contributed by atoms with Crippen LogP contribution in [-0.4, -0.2) is 193 Å². The van der Waals surface area contributed by atoms with Gasteiger partial charge in [-0.15, -0.1) is 0 Å². The second-order valence-electron chi connectivity index (χ2n) is 21.5. The zero-order valence-corrected chi connectivity index (χ0v) is 46.2. The summed E-state index contributed by atoms with van der Waals surface area (Å²) in [5.74, 6) is -0.289. The van der Waals surface area contributed by atoms with Crippen molar-refractivity contribution in [1.29, 1.82) is 0 Å². The highest BCUT2D eigenvalue weighted by Crippen LogP contribution is 2.33. The lowest BCUT2D eigenvalue weighted by molar-refractivity contribution is -0.379. The van der Waals surface area contributed by atoms with Crippen LogP contribution in [0.1, 0.15) is 200 Å². The number of nitrogens with one attached hydrogen (secondary N) is 1. The average molecular weight is 1090 g/mol. The van der Waals surface area contributed by atoms with E-state index in [-0.39, 0.29) is 18.9 Å². The van der Waals surface area contributed by atoms with Crippen LogP contribution < -0.4 is 5.32 Å². The van der Waals surface area contributed by atoms with Crippen LogP contribution in [0.4, 0.5) is 0 Å². The number of allylic oxidation sites excluding steroid dienone is 3. The van der Waals surface area contributed by atoms with Gasteiger partial charge < -0.3 is 89.9 Å². The average Bonchev–Trinajstić information content (AvgIpc) is 3.42. The maximum absolute atomic E-state index is 13.2. The molecule has 17 unspecified atom stereocenters. The first-order valence-electron chi connectivity index (χ1n) is 29.6. The molecular weight excluding hydrogens is 987 g/mol. The molecule has 19 heteroatoms. The molecular formula is C57H105NO18. The zero-order chi connectivity index (χ0) is 55.5. The largest absolute Gasteiger partial charge is 0.394 e. The van der Waals surface area contributed by atoms with Crippen molar-refractivity contribution in [3.8, 4) is 0 Å². The number of carbonyl (C=O) groups excluding carboxylic acids is 1. The third-order valence-electron chi connectivity index (χ3n) is 15.0. The third-order valence-corrected chi connectivity index (χ3v) is 15.0. The molecule has 76 heavy (non-hydrogen) atoms. The molecule has 0 aromatic rings. The van der Waals surface area contributed by atoms with Crippen molar-refractivity contribution >= 4 is 5.91 Å². The lowest BCUT2D eigenvalue weighted by Crippen LogP contribution is -2.66. The molecule has 0 radical (unpaired) electrons. The second kappa shape index (κ2) is 41.3. The van der Waals surface area contributed by atoms with Gasteiger partial charge in [-0.25, -0.2) is 0 Å². The molecule has 17 atom stereocenters. The Bertz CT molecular complexity index is 1490. The van der Waals surface area contributed by atoms with Gasteiger partial charge >= 0.3 is 0 Å². The molecule has 19 nitrogen and oxygen atoms in total. The van der Waals surface area contributed by atoms with Gasteiger partial charge in [-0.2, -0.15) is 0 Å². The highest BCUT2D eigenvalue weighted by Gasteiger charge is 2.53. The molecule has 0 aromatic carbocycles. The van der Waals surface area contributed by atoms with Gasteiger partial charge in [-0.05, 0) is 32.1 Å². The Labute approximate surface area is 454 Å². The molecule has 0 bridgehead atoms. The minimum absolute atomic E-state index is 0.237. The van der Waals surface area contributed by atoms with Crippen LogP contribution in [0.25, 0.3) is 0 Å². The first-order chi connectivity index (χ1) is 36.8. The summed E-state index contributed by atoms with van der Waals surface area (Å²) in [6, 6.07) is -0.983. The normalized spacial score (nSPS) is 31.1. The number of hydrogen-bond donors (Lipinski definition) is 12. The summed E-state index contributed by atoms with van der Waals surface area (Å²) < 4.78 is 34.1. The van der Waals surface area contributed by atoms with Crippen LogP contribution in [0, 0.1) is 0 Å². The van der Waals surface area contributed by atoms with Gasteiger partial charge in [0.25, 0.3) is 0 Å². The lowest BCUT2D eigenvalue weighted by Gasteiger charge is -2.48. The van der Waals surface area contributed by atoms with Crippen molar-refractivity contribution in [3.63, 3.8) is 0 Å². The molecule has 3 fully saturated rings. The SMILES string of the molecule is CCCCCCCCCCCCCCCCCC/C=C/CC/C=C/C(O)C(COC1OC(CO)C(OC2OC(CO)C(OC3OC(CO)C(O)C(O)C3O)C(O)C2O)C(O)C1O)NC(=O)CCCCCCCCCCC. The number of rotatable bonds is 43. The molecule has 3 heterocycles. The van der Waals surface area contributed by atoms with E-state index >= 15 is 0 Å². The minimum atomic E-state index is -1.98. The van der Waals surface area contributed by atoms with E-state index in [0.29, 0.717) is 12.8 Å². The molecule has 0 saturated carbocycles. The van der Waals surface area contributed by atoms with E-state index in [0.717, 1.165) is 38.5 Å². The minimum Gasteiger partial charge on any atom is -0.394 e. The molecule has 0 aliphatic carbocycles. The fourth-order valence-corrected chi connectivity index (χ4v) is 10.1. The number of amides is 1. The molecule has 3 saturated heterocycles. The summed E-state index contributed by atoms with van der Waals surface area (Å²) >= 11 is 0. The molecule has 3 aliphatic rings. The number of carbonyl (C=O) groups is 1. The van der Waals surface area contributed by atoms with E-state index in [1.54, 1.807) is 6.08 Å². The Morgan fingerprint density at radius 2 is 0.842 bits per heavy atom. The van der Waals surface area contributed by atoms with Crippen LogP contribution >= 0.6 is 0 Å². The molecule has 0 aromatic heterocycles. The fraction of sp³-hybridized carbons (Fsp3) is 0.912. The summed E-state index contributed by atoms with van der Waals surface area (Å²) in [5.41, 5.74) is 0. The van der Waals surface area contributed by atoms with Gasteiger partial charge in [0, 0.05) is 6.42 Å². The summed E-state index contributed by atoms with van der Waals surface area (Å²) in [5, 5.41) is 120. The Kier molecular flexibility index (Phi) is 37.2. The molecule has 1 amide bonds. The second-order valence-corrected chi connectivity index (χ2v) is 21.5. The van der Waals surface area contributed by atoms with Crippen LogP contribution in [0.15, 0.2) is 24.3 Å². The maximum atomic E-state index is 13.2. The summed E-state index contributed by atoms with van der Waals surface area (Å²) in [4.78, 5) is 13.2. The van der Waals surface area contributed by atoms with E-state index in [9.17, 15) is 61.0 Å². The monoisotopic (exact) mass is 1090 g/mol. The van der Waals surface area contributed by atoms with Crippen LogP contribution in [0.2, 0.25) is 0 Å². The van der Waals surface area contributed by atoms with Crippen molar-refractivity contribution in [2.75, 3.05) is 26.4 Å². The predicted molar refractivity (Wildman–Crippen MR) is 286 cm³/mol. The maximum Gasteiger partial charge on any atom is 0.220 e. The summed E-state index contributed by atoms with van der Waals surface area (Å²) in [7, 11) is 0. The molecule has 3 rings (SSSR count). The molecule has 12 N–H and O–H groups in total. The van der Waals surface area contributed by atoms with Crippen LogP contribution in [-0.2, 0) is 33.2 Å². The molecule has 446 valence electrons. The van der Waals surface area contributed by atoms with E-state index in [2.05, 4.69) is 31.3 Å². The van der Waals surface area contributed by atoms with E-state index in [4.69, 9.17) is 28.4 Å². The van der Waals surface area contributed by atoms with Crippen molar-refractivity contribution in [2.24, 2.45) is 0 Å². The van der Waals surface area contributed by atoms with Gasteiger partial charge in [0.1, 0.15) is 73.2 Å². The number of aliphatic hydroxyl groups is 11. The Morgan fingerprint density at radius 1 is 0.461 bits per heavy atom. The van der Waals surface area contributed by atoms with Gasteiger partial charge in [0.15, 0.2) is 18.9 Å². The van der Waals surface area contributed by atoms with Gasteiger partial charge in [0.05, 0.1) is 38.6 Å². The lowest BCUT2D eigenvalue weighted by atomic mass is 9.96. The Morgan fingerprint density at radius 3 is 1.32 bits per heavy atom. The third kappa shape index (κ3) is 25.4. The summed E-state index contributed by atoms with van der Waals surface area (Å²) in [6.45, 7) is 1.67. The molecule has 0 spiro atoms. The van der Waals surface area contributed by atoms with Gasteiger partial charge in [0.2, 0.25) is 5.91 Å². The number of aliphatic hydroxyl groups excluding tert-OH is 11. The number of hydrogen-bond acceptors (Lipinski definition) is 18. The first-order valence-corrected chi connectivity index (χ1v) is 29.6. The van der Waals surface area contributed by atoms with Crippen molar-refractivity contribution in [2.45, 2.75) is 304 Å². The highest BCUT2D eigenvalue weighted by atomic mass is 16.8. The first kappa shape index (κ1) is 68.5. The van der Waals surface area contributed by atoms with Crippen LogP contribution in [0.3, 0.4) is 0 Å². The Balaban J connectivity index is 1.49. The van der Waals surface area contributed by atoms with Gasteiger partial charge in [-0.3, -0.25) is 4.79 Å². The van der Waals surface area contributed by atoms with E-state index in [1.807, 2.05) is 6.08 Å². The fourth-order valence-electron chi connectivity index (χ4n) is 10.1. The number of ether oxygens (including phenoxy) is 6. The molecule has 3 aliphatic heterocycles. The van der Waals surface area contributed by atoms with Crippen LogP contribution in [0.5, 0.6) is 0 Å². The topological polar surface area (TPSA) is 307 Å². The van der Waals surface area contributed by atoms with Crippen molar-refractivity contribution in [1.82, 2.24) is 5.32 Å². The van der Waals surface area contributed by atoms with Gasteiger partial charge in [-0.1, -0.05) is 186 Å². The summed E-state index contributed by atoms with van der Waals surface area (Å²) in [6.07, 6.45) is 14.8. The van der Waals surface area contributed by atoms with Crippen molar-refractivity contribution < 1.29 is 89.4 Å². The van der Waals surface area contributed by atoms with E-state index in [1.165, 1.54) is 128 Å². The zero-order valence-electron chi connectivity index (χ0n) is 46.2. The predicted octanol–water partition coefficient (Wildman–Crippen LogP) is 4.76. The van der Waals surface area contributed by atoms with E-state index < -0.39 is 124 Å². The standard InChI is InChI=1S/C57H105NO18/c1-3-5-7-9-11-13-14-15-16-17-18-19-20-21-22-23-24-25-27-28-30-32-34-41(62)40(58-45(63)35-33-31-29-26-12-10-8-6-4-2)39-71-55-51(69)48(66)53(43(37-60)73-55)76-57-52(70)49(67)54(44(38-61)74-57)75-56-50(68)47(65)46(64)42(36-59)72-56/h25,27,32,34,40-44,46-57,59-62,64-70H,3-24,26,28-31,33,35-39H2,1-2H3,(H,58,63)/b27-25+,34-32+. The quantitative estimate of drug-likeness (QED) is 0.0289. The van der Waals surface area contributed by atoms with Crippen molar-refractivity contribution in [3.05, 3.63) is 24.3 Å². The number of unbranched alkanes of at least 4 members (excludes halogenated alkanes) is 25.